The highest BCUT2D eigenvalue weighted by atomic mass is 35.6. The molecule has 12 heteroatoms. The molecule has 0 spiro atoms. The monoisotopic (exact) mass is 432 g/mol. The first-order valence-corrected chi connectivity index (χ1v) is 8.39. The van der Waals surface area contributed by atoms with E-state index in [1.165, 1.54) is 0 Å². The third-order valence-corrected chi connectivity index (χ3v) is 4.39. The zero-order valence-electron chi connectivity index (χ0n) is 11.1. The van der Waals surface area contributed by atoms with Crippen molar-refractivity contribution in [1.29, 1.82) is 0 Å². The van der Waals surface area contributed by atoms with E-state index in [9.17, 15) is 9.59 Å². The molecule has 6 nitrogen and oxygen atoms in total. The lowest BCUT2D eigenvalue weighted by molar-refractivity contribution is -0.113. The van der Waals surface area contributed by atoms with Gasteiger partial charge in [0.05, 0.1) is 0 Å². The predicted molar refractivity (Wildman–Crippen MR) is 89.7 cm³/mol. The summed E-state index contributed by atoms with van der Waals surface area (Å²) < 4.78 is -3.36. The third kappa shape index (κ3) is 5.91. The minimum Gasteiger partial charge on any atom is -0.339 e. The molecule has 1 heterocycles. The number of nitrogens with one attached hydrogen (secondary N) is 2. The second-order valence-corrected chi connectivity index (χ2v) is 9.27. The van der Waals surface area contributed by atoms with Crippen molar-refractivity contribution < 1.29 is 9.59 Å². The Morgan fingerprint density at radius 2 is 1.00 bits per heavy atom. The summed E-state index contributed by atoms with van der Waals surface area (Å²) in [5.41, 5.74) is 0. The first-order valence-electron chi connectivity index (χ1n) is 6.12. The normalized spacial score (nSPS) is 21.0. The van der Waals surface area contributed by atoms with Gasteiger partial charge in [0.2, 0.25) is 20.4 Å². The lowest BCUT2D eigenvalue weighted by Crippen LogP contribution is -2.63. The maximum Gasteiger partial charge on any atom is 0.223 e. The molecule has 22 heavy (non-hydrogen) atoms. The van der Waals surface area contributed by atoms with Gasteiger partial charge in [-0.15, -0.1) is 0 Å². The Morgan fingerprint density at radius 1 is 0.727 bits per heavy atom. The topological polar surface area (TPSA) is 64.7 Å². The van der Waals surface area contributed by atoms with Crippen molar-refractivity contribution in [3.63, 3.8) is 0 Å². The molecule has 1 fully saturated rings. The van der Waals surface area contributed by atoms with E-state index in [0.29, 0.717) is 39.0 Å². The average Bonchev–Trinajstić information content (AvgIpc) is 2.40. The molecule has 2 amide bonds. The fourth-order valence-electron chi connectivity index (χ4n) is 2.20. The van der Waals surface area contributed by atoms with Gasteiger partial charge in [0.1, 0.15) is 12.3 Å². The van der Waals surface area contributed by atoms with E-state index in [1.807, 2.05) is 0 Å². The maximum atomic E-state index is 10.7. The van der Waals surface area contributed by atoms with Gasteiger partial charge in [0.15, 0.2) is 0 Å². The van der Waals surface area contributed by atoms with Crippen LogP contribution in [0.4, 0.5) is 0 Å². The average molecular weight is 435 g/mol. The number of rotatable bonds is 6. The van der Waals surface area contributed by atoms with Crippen molar-refractivity contribution in [2.45, 2.75) is 19.9 Å². The number of hydrogen-bond acceptors (Lipinski definition) is 4. The zero-order chi connectivity index (χ0) is 17.0. The van der Waals surface area contributed by atoms with Crippen LogP contribution in [0.5, 0.6) is 0 Å². The Bertz CT molecular complexity index is 345. The fraction of sp³-hybridized carbons (Fsp3) is 0.800. The van der Waals surface area contributed by atoms with Crippen LogP contribution in [-0.4, -0.2) is 68.7 Å². The Hall–Kier alpha value is 0.600. The van der Waals surface area contributed by atoms with Crippen LogP contribution in [0.25, 0.3) is 0 Å². The quantitative estimate of drug-likeness (QED) is 0.491. The van der Waals surface area contributed by atoms with E-state index in [0.717, 1.165) is 0 Å². The summed E-state index contributed by atoms with van der Waals surface area (Å²) in [5.74, 6) is 0. The molecule has 0 aliphatic carbocycles. The van der Waals surface area contributed by atoms with Gasteiger partial charge in [-0.25, -0.2) is 0 Å². The van der Waals surface area contributed by atoms with Crippen LogP contribution in [-0.2, 0) is 9.59 Å². The van der Waals surface area contributed by atoms with E-state index in [4.69, 9.17) is 69.6 Å². The van der Waals surface area contributed by atoms with Crippen LogP contribution in [0.3, 0.4) is 0 Å². The van der Waals surface area contributed by atoms with Gasteiger partial charge in [0, 0.05) is 26.2 Å². The number of nitrogens with zero attached hydrogens (tertiary/aromatic N) is 2. The molecular formula is C10H14Cl6N4O2. The Kier molecular flexibility index (Phi) is 8.09. The zero-order valence-corrected chi connectivity index (χ0v) is 15.7. The van der Waals surface area contributed by atoms with E-state index < -0.39 is 19.9 Å². The molecule has 2 N–H and O–H groups in total. The van der Waals surface area contributed by atoms with E-state index >= 15 is 0 Å². The highest BCUT2D eigenvalue weighted by molar-refractivity contribution is 6.68. The molecule has 1 saturated heterocycles. The van der Waals surface area contributed by atoms with E-state index in [2.05, 4.69) is 10.6 Å². The lowest BCUT2D eigenvalue weighted by atomic mass is 10.2. The standard InChI is InChI=1S/C10H14Cl6N4O2/c11-9(12,13)7(17-5-21)19-1-2-20(4-3-19)8(18-6-22)10(14,15)16/h5-8H,1-4H2,(H,17,21)(H,18,22)/t7-,8-/m0/s1. The van der Waals surface area contributed by atoms with Crippen LogP contribution >= 0.6 is 69.6 Å². The molecule has 0 aromatic heterocycles. The highest BCUT2D eigenvalue weighted by Gasteiger charge is 2.42. The van der Waals surface area contributed by atoms with Crippen molar-refractivity contribution in [3.8, 4) is 0 Å². The van der Waals surface area contributed by atoms with Crippen LogP contribution in [0.2, 0.25) is 0 Å². The second-order valence-electron chi connectivity index (χ2n) is 4.53. The summed E-state index contributed by atoms with van der Waals surface area (Å²) in [6.07, 6.45) is -0.613. The molecule has 1 rings (SSSR count). The molecule has 0 aromatic carbocycles. The number of hydrogen-bond donors (Lipinski definition) is 2. The SMILES string of the molecule is O=CN[C@@H](N1CCN([C@H](NC=O)C(Cl)(Cl)Cl)CC1)C(Cl)(Cl)Cl. The van der Waals surface area contributed by atoms with Crippen LogP contribution in [0, 0.1) is 0 Å². The fourth-order valence-corrected chi connectivity index (χ4v) is 3.40. The lowest BCUT2D eigenvalue weighted by Gasteiger charge is -2.44. The second kappa shape index (κ2) is 8.62. The molecule has 0 saturated carbocycles. The van der Waals surface area contributed by atoms with Gasteiger partial charge in [-0.1, -0.05) is 69.6 Å². The third-order valence-electron chi connectivity index (χ3n) is 3.15. The van der Waals surface area contributed by atoms with Gasteiger partial charge in [-0.2, -0.15) is 0 Å². The molecule has 1 aliphatic heterocycles. The molecule has 2 atom stereocenters. The molecule has 0 radical (unpaired) electrons. The summed E-state index contributed by atoms with van der Waals surface area (Å²) in [6.45, 7) is 1.77. The van der Waals surface area contributed by atoms with Crippen molar-refractivity contribution in [2.24, 2.45) is 0 Å². The molecule has 0 unspecified atom stereocenters. The van der Waals surface area contributed by atoms with Crippen molar-refractivity contribution in [1.82, 2.24) is 20.4 Å². The number of carbonyl (C=O) groups excluding carboxylic acids is 2. The van der Waals surface area contributed by atoms with E-state index in [1.54, 1.807) is 9.80 Å². The summed E-state index contributed by atoms with van der Waals surface area (Å²) >= 11 is 35.2. The van der Waals surface area contributed by atoms with Gasteiger partial charge in [-0.3, -0.25) is 19.4 Å². The van der Waals surface area contributed by atoms with E-state index in [-0.39, 0.29) is 0 Å². The van der Waals surface area contributed by atoms with Gasteiger partial charge in [-0.05, 0) is 0 Å². The number of halogens is 6. The summed E-state index contributed by atoms with van der Waals surface area (Å²) in [7, 11) is 0. The molecule has 0 aromatic rings. The number of amides is 2. The van der Waals surface area contributed by atoms with Crippen molar-refractivity contribution in [2.75, 3.05) is 26.2 Å². The first-order chi connectivity index (χ1) is 10.1. The highest BCUT2D eigenvalue weighted by Crippen LogP contribution is 2.34. The van der Waals surface area contributed by atoms with Gasteiger partial charge >= 0.3 is 0 Å². The summed E-state index contributed by atoms with van der Waals surface area (Å²) in [5, 5.41) is 4.95. The van der Waals surface area contributed by atoms with Gasteiger partial charge < -0.3 is 10.6 Å². The smallest absolute Gasteiger partial charge is 0.223 e. The van der Waals surface area contributed by atoms with Crippen molar-refractivity contribution >= 4 is 82.4 Å². The Morgan fingerprint density at radius 3 is 1.18 bits per heavy atom. The predicted octanol–water partition coefficient (Wildman–Crippen LogP) is 1.49. The number of alkyl halides is 6. The molecule has 1 aliphatic rings. The minimum atomic E-state index is -1.68. The first kappa shape index (κ1) is 20.6. The Balaban J connectivity index is 2.72. The Labute approximate surface area is 158 Å². The molecular weight excluding hydrogens is 421 g/mol. The van der Waals surface area contributed by atoms with Crippen LogP contribution in [0.1, 0.15) is 0 Å². The van der Waals surface area contributed by atoms with Crippen LogP contribution in [0.15, 0.2) is 0 Å². The minimum absolute atomic E-state index is 0.442. The number of piperazine rings is 1. The summed E-state index contributed by atoms with van der Waals surface area (Å²) in [4.78, 5) is 24.9. The number of carbonyl (C=O) groups is 2. The largest absolute Gasteiger partial charge is 0.339 e. The molecule has 0 bridgehead atoms. The summed E-state index contributed by atoms with van der Waals surface area (Å²) in [6, 6.07) is 0. The van der Waals surface area contributed by atoms with Crippen LogP contribution < -0.4 is 10.6 Å². The van der Waals surface area contributed by atoms with Crippen molar-refractivity contribution in [3.05, 3.63) is 0 Å². The van der Waals surface area contributed by atoms with Gasteiger partial charge in [0.25, 0.3) is 0 Å². The molecule has 128 valence electrons. The maximum absolute atomic E-state index is 10.7.